The molecule has 4 saturated carbocycles. The maximum absolute atomic E-state index is 12.2. The van der Waals surface area contributed by atoms with E-state index in [1.54, 1.807) is 24.3 Å². The van der Waals surface area contributed by atoms with Gasteiger partial charge in [-0.05, 0) is 99.8 Å². The Bertz CT molecular complexity index is 689. The number of esters is 1. The normalized spacial score (nSPS) is 30.3. The number of nitrogens with one attached hydrogen (secondary N) is 1. The van der Waals surface area contributed by atoms with Gasteiger partial charge >= 0.3 is 5.97 Å². The maximum Gasteiger partial charge on any atom is 0.338 e. The van der Waals surface area contributed by atoms with E-state index in [-0.39, 0.29) is 18.6 Å². The van der Waals surface area contributed by atoms with Crippen LogP contribution in [0.5, 0.6) is 5.75 Å². The molecule has 0 saturated heterocycles. The summed E-state index contributed by atoms with van der Waals surface area (Å²) in [7, 11) is 0. The molecule has 5 heteroatoms. The zero-order valence-electron chi connectivity index (χ0n) is 16.9. The van der Waals surface area contributed by atoms with Gasteiger partial charge in [0.1, 0.15) is 5.75 Å². The highest BCUT2D eigenvalue weighted by atomic mass is 16.5. The van der Waals surface area contributed by atoms with E-state index < -0.39 is 5.97 Å². The molecule has 1 N–H and O–H groups in total. The van der Waals surface area contributed by atoms with E-state index >= 15 is 0 Å². The van der Waals surface area contributed by atoms with Crippen molar-refractivity contribution in [3.05, 3.63) is 29.8 Å². The molecule has 0 aliphatic heterocycles. The first-order valence-corrected chi connectivity index (χ1v) is 10.6. The molecule has 0 heterocycles. The van der Waals surface area contributed by atoms with Gasteiger partial charge in [0.2, 0.25) is 0 Å². The van der Waals surface area contributed by atoms with Crippen LogP contribution in [0.1, 0.15) is 62.7 Å². The molecule has 28 heavy (non-hydrogen) atoms. The van der Waals surface area contributed by atoms with Crippen molar-refractivity contribution in [2.75, 3.05) is 13.2 Å². The molecule has 0 spiro atoms. The highest BCUT2D eigenvalue weighted by molar-refractivity contribution is 5.91. The van der Waals surface area contributed by atoms with E-state index in [2.05, 4.69) is 5.32 Å². The fraction of sp³-hybridized carbons (Fsp3) is 0.652. The van der Waals surface area contributed by atoms with Gasteiger partial charge in [-0.1, -0.05) is 0 Å². The Morgan fingerprint density at radius 3 is 2.14 bits per heavy atom. The number of hydrogen-bond acceptors (Lipinski definition) is 4. The third-order valence-corrected chi connectivity index (χ3v) is 6.62. The molecule has 1 aromatic rings. The Balaban J connectivity index is 1.23. The van der Waals surface area contributed by atoms with E-state index in [4.69, 9.17) is 9.47 Å². The van der Waals surface area contributed by atoms with Crippen LogP contribution >= 0.6 is 0 Å². The Labute approximate surface area is 167 Å². The number of benzene rings is 1. The van der Waals surface area contributed by atoms with Gasteiger partial charge in [0.15, 0.2) is 6.61 Å². The van der Waals surface area contributed by atoms with Crippen molar-refractivity contribution < 1.29 is 19.1 Å². The minimum atomic E-state index is -0.485. The van der Waals surface area contributed by atoms with Crippen LogP contribution in [0, 0.1) is 23.2 Å². The van der Waals surface area contributed by atoms with Crippen LogP contribution in [0.4, 0.5) is 0 Å². The zero-order chi connectivity index (χ0) is 19.7. The zero-order valence-corrected chi connectivity index (χ0v) is 16.9. The SMILES string of the molecule is CC(C)Oc1ccc(C(=O)OCC(=O)NCC23CC4CC(CC(C4)C2)C3)cc1. The molecule has 5 nitrogen and oxygen atoms in total. The Morgan fingerprint density at radius 2 is 1.61 bits per heavy atom. The molecule has 0 atom stereocenters. The molecule has 5 rings (SSSR count). The van der Waals surface area contributed by atoms with Crippen molar-refractivity contribution in [2.24, 2.45) is 23.2 Å². The molecule has 4 fully saturated rings. The number of hydrogen-bond donors (Lipinski definition) is 1. The second-order valence-electron chi connectivity index (χ2n) is 9.46. The summed E-state index contributed by atoms with van der Waals surface area (Å²) in [6, 6.07) is 6.80. The third kappa shape index (κ3) is 4.34. The fourth-order valence-corrected chi connectivity index (χ4v) is 6.00. The summed E-state index contributed by atoms with van der Waals surface area (Å²) >= 11 is 0. The predicted molar refractivity (Wildman–Crippen MR) is 106 cm³/mol. The molecular weight excluding hydrogens is 354 g/mol. The number of carbonyl (C=O) groups is 2. The molecule has 152 valence electrons. The highest BCUT2D eigenvalue weighted by Crippen LogP contribution is 2.59. The summed E-state index contributed by atoms with van der Waals surface area (Å²) in [5.41, 5.74) is 0.714. The first-order valence-electron chi connectivity index (χ1n) is 10.6. The molecule has 0 unspecified atom stereocenters. The van der Waals surface area contributed by atoms with Crippen molar-refractivity contribution in [3.8, 4) is 5.75 Å². The lowest BCUT2D eigenvalue weighted by atomic mass is 9.49. The molecule has 0 aromatic heterocycles. The van der Waals surface area contributed by atoms with Crippen LogP contribution in [0.3, 0.4) is 0 Å². The van der Waals surface area contributed by atoms with Crippen molar-refractivity contribution in [3.63, 3.8) is 0 Å². The standard InChI is InChI=1S/C23H31NO4/c1-15(2)28-20-5-3-19(4-6-20)22(26)27-13-21(25)24-14-23-10-16-7-17(11-23)9-18(8-16)12-23/h3-6,15-18H,7-14H2,1-2H3,(H,24,25). The summed E-state index contributed by atoms with van der Waals surface area (Å²) in [6.07, 6.45) is 8.02. The van der Waals surface area contributed by atoms with E-state index in [0.717, 1.165) is 24.3 Å². The quantitative estimate of drug-likeness (QED) is 0.722. The molecular formula is C23H31NO4. The lowest BCUT2D eigenvalue weighted by Gasteiger charge is -2.56. The maximum atomic E-state index is 12.2. The predicted octanol–water partition coefficient (Wildman–Crippen LogP) is 3.96. The van der Waals surface area contributed by atoms with Crippen molar-refractivity contribution >= 4 is 11.9 Å². The summed E-state index contributed by atoms with van der Waals surface area (Å²) < 4.78 is 10.8. The second-order valence-corrected chi connectivity index (χ2v) is 9.46. The lowest BCUT2D eigenvalue weighted by Crippen LogP contribution is -2.51. The minimum absolute atomic E-state index is 0.0791. The monoisotopic (exact) mass is 385 g/mol. The van der Waals surface area contributed by atoms with E-state index in [1.807, 2.05) is 13.8 Å². The van der Waals surface area contributed by atoms with Gasteiger partial charge in [-0.25, -0.2) is 4.79 Å². The number of rotatable bonds is 7. The average molecular weight is 386 g/mol. The fourth-order valence-electron chi connectivity index (χ4n) is 6.00. The first-order chi connectivity index (χ1) is 13.4. The van der Waals surface area contributed by atoms with Crippen LogP contribution in [-0.2, 0) is 9.53 Å². The lowest BCUT2D eigenvalue weighted by molar-refractivity contribution is -0.126. The van der Waals surface area contributed by atoms with Gasteiger partial charge in [-0.15, -0.1) is 0 Å². The Morgan fingerprint density at radius 1 is 1.04 bits per heavy atom. The third-order valence-electron chi connectivity index (χ3n) is 6.62. The molecule has 1 amide bonds. The Hall–Kier alpha value is -2.04. The minimum Gasteiger partial charge on any atom is -0.491 e. The van der Waals surface area contributed by atoms with Crippen molar-refractivity contribution in [2.45, 2.75) is 58.5 Å². The molecule has 1 aromatic carbocycles. The van der Waals surface area contributed by atoms with Crippen LogP contribution < -0.4 is 10.1 Å². The van der Waals surface area contributed by atoms with Crippen LogP contribution in [0.25, 0.3) is 0 Å². The van der Waals surface area contributed by atoms with Crippen molar-refractivity contribution in [1.29, 1.82) is 0 Å². The largest absolute Gasteiger partial charge is 0.491 e. The summed E-state index contributed by atoms with van der Waals surface area (Å²) in [5.74, 6) is 2.61. The summed E-state index contributed by atoms with van der Waals surface area (Å²) in [4.78, 5) is 24.4. The van der Waals surface area contributed by atoms with Crippen LogP contribution in [0.15, 0.2) is 24.3 Å². The summed E-state index contributed by atoms with van der Waals surface area (Å²) in [5, 5.41) is 3.04. The van der Waals surface area contributed by atoms with Crippen LogP contribution in [0.2, 0.25) is 0 Å². The molecule has 0 radical (unpaired) electrons. The highest BCUT2D eigenvalue weighted by Gasteiger charge is 2.50. The van der Waals surface area contributed by atoms with Gasteiger partial charge in [-0.2, -0.15) is 0 Å². The van der Waals surface area contributed by atoms with E-state index in [9.17, 15) is 9.59 Å². The first kappa shape index (κ1) is 19.3. The molecule has 4 aliphatic rings. The van der Waals surface area contributed by atoms with Gasteiger partial charge in [0, 0.05) is 6.54 Å². The van der Waals surface area contributed by atoms with E-state index in [0.29, 0.717) is 16.7 Å². The van der Waals surface area contributed by atoms with Gasteiger partial charge in [0.05, 0.1) is 11.7 Å². The second kappa shape index (κ2) is 7.76. The average Bonchev–Trinajstić information content (AvgIpc) is 2.63. The van der Waals surface area contributed by atoms with E-state index in [1.165, 1.54) is 38.5 Å². The number of carbonyl (C=O) groups excluding carboxylic acids is 2. The topological polar surface area (TPSA) is 64.6 Å². The van der Waals surface area contributed by atoms with Gasteiger partial charge < -0.3 is 14.8 Å². The molecule has 4 bridgehead atoms. The summed E-state index contributed by atoms with van der Waals surface area (Å²) in [6.45, 7) is 4.40. The van der Waals surface area contributed by atoms with Crippen LogP contribution in [-0.4, -0.2) is 31.1 Å². The number of ether oxygens (including phenoxy) is 2. The van der Waals surface area contributed by atoms with Gasteiger partial charge in [0.25, 0.3) is 5.91 Å². The smallest absolute Gasteiger partial charge is 0.338 e. The number of amides is 1. The van der Waals surface area contributed by atoms with Crippen molar-refractivity contribution in [1.82, 2.24) is 5.32 Å². The Kier molecular flexibility index (Phi) is 5.35. The van der Waals surface area contributed by atoms with Gasteiger partial charge in [-0.3, -0.25) is 4.79 Å². The molecule has 4 aliphatic carbocycles.